The summed E-state index contributed by atoms with van der Waals surface area (Å²) in [6.07, 6.45) is 0. The Kier molecular flexibility index (Phi) is 4.40. The van der Waals surface area contributed by atoms with Gasteiger partial charge in [-0.15, -0.1) is 11.3 Å². The summed E-state index contributed by atoms with van der Waals surface area (Å²) in [7, 11) is -3.69. The molecule has 0 radical (unpaired) electrons. The van der Waals surface area contributed by atoms with Crippen LogP contribution in [0.15, 0.2) is 41.3 Å². The summed E-state index contributed by atoms with van der Waals surface area (Å²) < 4.78 is 27.0. The van der Waals surface area contributed by atoms with Crippen LogP contribution in [0.1, 0.15) is 6.92 Å². The monoisotopic (exact) mass is 335 g/mol. The molecule has 3 nitrogen and oxygen atoms in total. The van der Waals surface area contributed by atoms with Gasteiger partial charge in [-0.1, -0.05) is 41.4 Å². The molecule has 102 valence electrons. The molecule has 1 aromatic carbocycles. The van der Waals surface area contributed by atoms with Crippen molar-refractivity contribution in [2.45, 2.75) is 11.8 Å². The Morgan fingerprint density at radius 1 is 1.21 bits per heavy atom. The third-order valence-electron chi connectivity index (χ3n) is 2.52. The largest absolute Gasteiger partial charge is 0.267 e. The van der Waals surface area contributed by atoms with Gasteiger partial charge in [-0.3, -0.25) is 4.31 Å². The van der Waals surface area contributed by atoms with Crippen molar-refractivity contribution >= 4 is 50.2 Å². The molecule has 0 bridgehead atoms. The van der Waals surface area contributed by atoms with Gasteiger partial charge >= 0.3 is 0 Å². The highest BCUT2D eigenvalue weighted by Gasteiger charge is 2.27. The number of para-hydroxylation sites is 1. The third-order valence-corrected chi connectivity index (χ3v) is 6.18. The molecule has 0 saturated heterocycles. The lowest BCUT2D eigenvalue weighted by Crippen LogP contribution is -2.30. The third kappa shape index (κ3) is 2.89. The van der Waals surface area contributed by atoms with Crippen LogP contribution in [0.4, 0.5) is 5.69 Å². The van der Waals surface area contributed by atoms with E-state index in [0.29, 0.717) is 16.6 Å². The zero-order valence-electron chi connectivity index (χ0n) is 10.0. The highest BCUT2D eigenvalue weighted by molar-refractivity contribution is 7.93. The van der Waals surface area contributed by atoms with Gasteiger partial charge in [0.25, 0.3) is 10.0 Å². The molecule has 0 spiro atoms. The van der Waals surface area contributed by atoms with Crippen molar-refractivity contribution in [1.29, 1.82) is 0 Å². The molecule has 0 N–H and O–H groups in total. The fourth-order valence-electron chi connectivity index (χ4n) is 1.71. The predicted octanol–water partition coefficient (Wildman–Crippen LogP) is 4.27. The number of nitrogens with zero attached hydrogens (tertiary/aromatic N) is 1. The highest BCUT2D eigenvalue weighted by Crippen LogP contribution is 2.36. The van der Waals surface area contributed by atoms with Gasteiger partial charge in [-0.05, 0) is 25.1 Å². The summed E-state index contributed by atoms with van der Waals surface area (Å²) in [5.74, 6) is 0. The van der Waals surface area contributed by atoms with E-state index in [-0.39, 0.29) is 9.23 Å². The second kappa shape index (κ2) is 5.71. The van der Waals surface area contributed by atoms with Crippen LogP contribution in [0.3, 0.4) is 0 Å². The topological polar surface area (TPSA) is 37.4 Å². The van der Waals surface area contributed by atoms with Crippen LogP contribution < -0.4 is 4.31 Å². The van der Waals surface area contributed by atoms with Crippen LogP contribution in [0.25, 0.3) is 0 Å². The summed E-state index contributed by atoms with van der Waals surface area (Å²) in [6, 6.07) is 10.3. The van der Waals surface area contributed by atoms with Crippen LogP contribution in [0.2, 0.25) is 8.67 Å². The molecule has 0 atom stereocenters. The first-order valence-corrected chi connectivity index (χ1v) is 8.50. The molecule has 0 saturated carbocycles. The van der Waals surface area contributed by atoms with Gasteiger partial charge in [0.05, 0.1) is 10.0 Å². The minimum Gasteiger partial charge on any atom is -0.267 e. The Hall–Kier alpha value is -0.750. The molecule has 0 amide bonds. The number of thiophene rings is 1. The zero-order chi connectivity index (χ0) is 14.0. The molecule has 0 aliphatic carbocycles. The van der Waals surface area contributed by atoms with Crippen molar-refractivity contribution in [3.8, 4) is 0 Å². The van der Waals surface area contributed by atoms with E-state index in [0.717, 1.165) is 11.3 Å². The molecular formula is C12H11Cl2NO2S2. The zero-order valence-corrected chi connectivity index (χ0v) is 13.2. The number of anilines is 1. The normalized spacial score (nSPS) is 11.5. The van der Waals surface area contributed by atoms with Crippen molar-refractivity contribution in [3.05, 3.63) is 45.1 Å². The Labute approximate surface area is 126 Å². The fraction of sp³-hybridized carbons (Fsp3) is 0.167. The number of hydrogen-bond acceptors (Lipinski definition) is 3. The maximum Gasteiger partial charge on any atom is 0.266 e. The van der Waals surface area contributed by atoms with E-state index in [9.17, 15) is 8.42 Å². The molecule has 0 aliphatic rings. The van der Waals surface area contributed by atoms with E-state index < -0.39 is 10.0 Å². The maximum absolute atomic E-state index is 12.6. The lowest BCUT2D eigenvalue weighted by Gasteiger charge is -2.22. The van der Waals surface area contributed by atoms with Gasteiger partial charge in [-0.2, -0.15) is 0 Å². The SMILES string of the molecule is CCN(c1ccccc1)S(=O)(=O)c1cc(Cl)sc1Cl. The number of hydrogen-bond donors (Lipinski definition) is 0. The van der Waals surface area contributed by atoms with Crippen molar-refractivity contribution < 1.29 is 8.42 Å². The fourth-order valence-corrected chi connectivity index (χ4v) is 5.29. The van der Waals surface area contributed by atoms with Crippen molar-refractivity contribution in [3.63, 3.8) is 0 Å². The van der Waals surface area contributed by atoms with E-state index in [2.05, 4.69) is 0 Å². The number of benzene rings is 1. The first kappa shape index (κ1) is 14.7. The van der Waals surface area contributed by atoms with E-state index in [1.54, 1.807) is 31.2 Å². The predicted molar refractivity (Wildman–Crippen MR) is 81.0 cm³/mol. The summed E-state index contributed by atoms with van der Waals surface area (Å²) in [4.78, 5) is 0.0508. The minimum atomic E-state index is -3.69. The molecular weight excluding hydrogens is 325 g/mol. The second-order valence-electron chi connectivity index (χ2n) is 3.69. The first-order valence-electron chi connectivity index (χ1n) is 5.49. The van der Waals surface area contributed by atoms with Crippen molar-refractivity contribution in [2.75, 3.05) is 10.8 Å². The lowest BCUT2D eigenvalue weighted by molar-refractivity contribution is 0.592. The van der Waals surface area contributed by atoms with E-state index in [4.69, 9.17) is 23.2 Å². The standard InChI is InChI=1S/C12H11Cl2NO2S2/c1-2-15(9-6-4-3-5-7-9)19(16,17)10-8-11(13)18-12(10)14/h3-8H,2H2,1H3. The molecule has 0 aliphatic heterocycles. The highest BCUT2D eigenvalue weighted by atomic mass is 35.5. The van der Waals surface area contributed by atoms with Crippen LogP contribution >= 0.6 is 34.5 Å². The Morgan fingerprint density at radius 2 is 1.84 bits per heavy atom. The summed E-state index contributed by atoms with van der Waals surface area (Å²) >= 11 is 12.8. The second-order valence-corrected chi connectivity index (χ2v) is 7.81. The maximum atomic E-state index is 12.6. The van der Waals surface area contributed by atoms with Crippen molar-refractivity contribution in [1.82, 2.24) is 0 Å². The average molecular weight is 336 g/mol. The molecule has 7 heteroatoms. The number of halogens is 2. The van der Waals surface area contributed by atoms with E-state index in [1.807, 2.05) is 6.07 Å². The molecule has 0 unspecified atom stereocenters. The smallest absolute Gasteiger partial charge is 0.266 e. The van der Waals surface area contributed by atoms with Gasteiger partial charge in [-0.25, -0.2) is 8.42 Å². The summed E-state index contributed by atoms with van der Waals surface area (Å²) in [6.45, 7) is 2.09. The van der Waals surface area contributed by atoms with E-state index in [1.165, 1.54) is 10.4 Å². The molecule has 2 rings (SSSR count). The molecule has 0 fully saturated rings. The Bertz CT molecular complexity index is 668. The number of rotatable bonds is 4. The van der Waals surface area contributed by atoms with Gasteiger partial charge in [0, 0.05) is 6.54 Å². The molecule has 1 heterocycles. The molecule has 19 heavy (non-hydrogen) atoms. The first-order chi connectivity index (χ1) is 8.96. The quantitative estimate of drug-likeness (QED) is 0.836. The van der Waals surface area contributed by atoms with Crippen LogP contribution in [0.5, 0.6) is 0 Å². The summed E-state index contributed by atoms with van der Waals surface area (Å²) in [5, 5.41) is 0. The Balaban J connectivity index is 2.51. The minimum absolute atomic E-state index is 0.0508. The van der Waals surface area contributed by atoms with Crippen molar-refractivity contribution in [2.24, 2.45) is 0 Å². The van der Waals surface area contributed by atoms with Crippen LogP contribution in [-0.4, -0.2) is 15.0 Å². The average Bonchev–Trinajstić information content (AvgIpc) is 2.71. The number of sulfonamides is 1. The van der Waals surface area contributed by atoms with Crippen LogP contribution in [-0.2, 0) is 10.0 Å². The van der Waals surface area contributed by atoms with Gasteiger partial charge in [0.2, 0.25) is 0 Å². The molecule has 2 aromatic rings. The van der Waals surface area contributed by atoms with E-state index >= 15 is 0 Å². The molecule has 1 aromatic heterocycles. The lowest BCUT2D eigenvalue weighted by atomic mass is 10.3. The van der Waals surface area contributed by atoms with Gasteiger partial charge in [0.15, 0.2) is 0 Å². The van der Waals surface area contributed by atoms with Gasteiger partial charge < -0.3 is 0 Å². The van der Waals surface area contributed by atoms with Gasteiger partial charge in [0.1, 0.15) is 9.23 Å². The Morgan fingerprint density at radius 3 is 2.32 bits per heavy atom. The summed E-state index contributed by atoms with van der Waals surface area (Å²) in [5.41, 5.74) is 0.600. The van der Waals surface area contributed by atoms with Crippen LogP contribution in [0, 0.1) is 0 Å².